The lowest BCUT2D eigenvalue weighted by molar-refractivity contribution is 1.29. The predicted molar refractivity (Wildman–Crippen MR) is 52.1 cm³/mol. The Bertz CT molecular complexity index is 260. The van der Waals surface area contributed by atoms with Gasteiger partial charge in [0.05, 0.1) is 5.69 Å². The monoisotopic (exact) mass is 231 g/mol. The molecule has 0 atom stereocenters. The lowest BCUT2D eigenvalue weighted by atomic mass is 10.3. The van der Waals surface area contributed by atoms with E-state index in [1.807, 2.05) is 24.3 Å². The first-order valence-corrected chi connectivity index (χ1v) is 4.68. The van der Waals surface area contributed by atoms with Crippen LogP contribution in [0.1, 0.15) is 5.69 Å². The fourth-order valence-electron chi connectivity index (χ4n) is 0.682. The molecule has 11 heavy (non-hydrogen) atoms. The molecule has 1 aromatic heterocycles. The minimum atomic E-state index is 0.529. The zero-order valence-corrected chi connectivity index (χ0v) is 8.14. The Morgan fingerprint density at radius 2 is 2.36 bits per heavy atom. The van der Waals surface area contributed by atoms with Gasteiger partial charge in [-0.15, -0.1) is 0 Å². The van der Waals surface area contributed by atoms with Crippen molar-refractivity contribution in [3.63, 3.8) is 0 Å². The first-order chi connectivity index (χ1) is 5.33. The molecule has 0 amide bonds. The normalized spacial score (nSPS) is 10.7. The second-order valence-corrected chi connectivity index (χ2v) is 2.98. The Morgan fingerprint density at radius 3 is 3.00 bits per heavy atom. The van der Waals surface area contributed by atoms with E-state index in [4.69, 9.17) is 11.6 Å². The van der Waals surface area contributed by atoms with Crippen molar-refractivity contribution >= 4 is 33.6 Å². The van der Waals surface area contributed by atoms with Gasteiger partial charge in [-0.05, 0) is 18.2 Å². The van der Waals surface area contributed by atoms with Crippen LogP contribution in [0.4, 0.5) is 0 Å². The van der Waals surface area contributed by atoms with Gasteiger partial charge in [0, 0.05) is 5.33 Å². The second-order valence-electron chi connectivity index (χ2n) is 1.94. The van der Waals surface area contributed by atoms with Crippen molar-refractivity contribution in [2.24, 2.45) is 0 Å². The zero-order valence-electron chi connectivity index (χ0n) is 5.80. The van der Waals surface area contributed by atoms with Crippen molar-refractivity contribution in [3.05, 3.63) is 35.1 Å². The van der Waals surface area contributed by atoms with E-state index in [2.05, 4.69) is 20.9 Å². The van der Waals surface area contributed by atoms with Crippen molar-refractivity contribution in [2.45, 2.75) is 0 Å². The highest BCUT2D eigenvalue weighted by Crippen LogP contribution is 2.06. The van der Waals surface area contributed by atoms with E-state index in [1.165, 1.54) is 0 Å². The molecule has 0 aliphatic heterocycles. The van der Waals surface area contributed by atoms with Crippen LogP contribution in [0.25, 0.3) is 6.08 Å². The van der Waals surface area contributed by atoms with Gasteiger partial charge >= 0.3 is 0 Å². The van der Waals surface area contributed by atoms with E-state index in [9.17, 15) is 0 Å². The molecular formula is C8H7BrClN. The van der Waals surface area contributed by atoms with Gasteiger partial charge in [0.25, 0.3) is 0 Å². The molecule has 1 aromatic rings. The Morgan fingerprint density at radius 1 is 1.55 bits per heavy atom. The van der Waals surface area contributed by atoms with E-state index in [0.717, 1.165) is 11.0 Å². The molecule has 0 aliphatic rings. The van der Waals surface area contributed by atoms with Gasteiger partial charge in [-0.2, -0.15) is 0 Å². The Balaban J connectivity index is 2.79. The van der Waals surface area contributed by atoms with Crippen LogP contribution < -0.4 is 0 Å². The number of hydrogen-bond donors (Lipinski definition) is 0. The Labute approximate surface area is 79.2 Å². The molecule has 0 aliphatic carbocycles. The number of rotatable bonds is 2. The number of allylic oxidation sites excluding steroid dienone is 1. The first kappa shape index (κ1) is 8.75. The molecule has 1 nitrogen and oxygen atoms in total. The summed E-state index contributed by atoms with van der Waals surface area (Å²) >= 11 is 8.94. The third kappa shape index (κ3) is 3.04. The highest BCUT2D eigenvalue weighted by Gasteiger charge is 1.88. The summed E-state index contributed by atoms with van der Waals surface area (Å²) in [5.41, 5.74) is 0.886. The van der Waals surface area contributed by atoms with Crippen molar-refractivity contribution in [2.75, 3.05) is 5.33 Å². The summed E-state index contributed by atoms with van der Waals surface area (Å²) in [6.45, 7) is 0. The fraction of sp³-hybridized carbons (Fsp3) is 0.125. The SMILES string of the molecule is Clc1cccc(C=CCBr)n1. The van der Waals surface area contributed by atoms with Gasteiger partial charge < -0.3 is 0 Å². The van der Waals surface area contributed by atoms with Gasteiger partial charge in [0.1, 0.15) is 5.15 Å². The minimum Gasteiger partial charge on any atom is -0.237 e. The maximum absolute atomic E-state index is 5.67. The third-order valence-electron chi connectivity index (χ3n) is 1.11. The lowest BCUT2D eigenvalue weighted by Gasteiger charge is -1.91. The number of halogens is 2. The average Bonchev–Trinajstić information content (AvgIpc) is 2.01. The summed E-state index contributed by atoms with van der Waals surface area (Å²) in [6.07, 6.45) is 3.89. The number of pyridine rings is 1. The van der Waals surface area contributed by atoms with Crippen molar-refractivity contribution < 1.29 is 0 Å². The van der Waals surface area contributed by atoms with E-state index >= 15 is 0 Å². The Hall–Kier alpha value is -0.340. The van der Waals surface area contributed by atoms with Crippen LogP contribution in [0.2, 0.25) is 5.15 Å². The molecule has 0 N–H and O–H groups in total. The summed E-state index contributed by atoms with van der Waals surface area (Å²) in [6, 6.07) is 5.54. The number of alkyl halides is 1. The maximum Gasteiger partial charge on any atom is 0.129 e. The molecule has 3 heteroatoms. The topological polar surface area (TPSA) is 12.9 Å². The van der Waals surface area contributed by atoms with Crippen LogP contribution in [0.3, 0.4) is 0 Å². The molecular weight excluding hydrogens is 225 g/mol. The average molecular weight is 233 g/mol. The quantitative estimate of drug-likeness (QED) is 0.564. The van der Waals surface area contributed by atoms with Crippen LogP contribution in [0.15, 0.2) is 24.3 Å². The molecule has 0 unspecified atom stereocenters. The first-order valence-electron chi connectivity index (χ1n) is 3.18. The van der Waals surface area contributed by atoms with Crippen LogP contribution in [-0.2, 0) is 0 Å². The molecule has 0 saturated heterocycles. The van der Waals surface area contributed by atoms with Gasteiger partial charge in [-0.3, -0.25) is 0 Å². The smallest absolute Gasteiger partial charge is 0.129 e. The zero-order chi connectivity index (χ0) is 8.10. The predicted octanol–water partition coefficient (Wildman–Crippen LogP) is 3.14. The van der Waals surface area contributed by atoms with Crippen LogP contribution >= 0.6 is 27.5 Å². The number of hydrogen-bond acceptors (Lipinski definition) is 1. The minimum absolute atomic E-state index is 0.529. The van der Waals surface area contributed by atoms with Gasteiger partial charge in [-0.1, -0.05) is 39.7 Å². The molecule has 0 spiro atoms. The van der Waals surface area contributed by atoms with Gasteiger partial charge in [0.2, 0.25) is 0 Å². The highest BCUT2D eigenvalue weighted by atomic mass is 79.9. The maximum atomic E-state index is 5.67. The largest absolute Gasteiger partial charge is 0.237 e. The summed E-state index contributed by atoms with van der Waals surface area (Å²) in [4.78, 5) is 4.07. The van der Waals surface area contributed by atoms with Gasteiger partial charge in [-0.25, -0.2) is 4.98 Å². The lowest BCUT2D eigenvalue weighted by Crippen LogP contribution is -1.79. The van der Waals surface area contributed by atoms with Crippen molar-refractivity contribution in [1.82, 2.24) is 4.98 Å². The molecule has 1 rings (SSSR count). The molecule has 0 aromatic carbocycles. The molecule has 0 radical (unpaired) electrons. The highest BCUT2D eigenvalue weighted by molar-refractivity contribution is 9.09. The van der Waals surface area contributed by atoms with Crippen LogP contribution in [0, 0.1) is 0 Å². The van der Waals surface area contributed by atoms with Crippen LogP contribution in [-0.4, -0.2) is 10.3 Å². The van der Waals surface area contributed by atoms with Crippen LogP contribution in [0.5, 0.6) is 0 Å². The van der Waals surface area contributed by atoms with E-state index in [-0.39, 0.29) is 0 Å². The standard InChI is InChI=1S/C8H7BrClN/c9-6-2-4-7-3-1-5-8(10)11-7/h1-5H,6H2. The summed E-state index contributed by atoms with van der Waals surface area (Å²) in [7, 11) is 0. The van der Waals surface area contributed by atoms with E-state index in [1.54, 1.807) is 6.07 Å². The molecule has 0 saturated carbocycles. The molecule has 0 fully saturated rings. The number of nitrogens with zero attached hydrogens (tertiary/aromatic N) is 1. The summed E-state index contributed by atoms with van der Waals surface area (Å²) in [5.74, 6) is 0. The van der Waals surface area contributed by atoms with E-state index in [0.29, 0.717) is 5.15 Å². The molecule has 58 valence electrons. The Kier molecular flexibility index (Phi) is 3.60. The summed E-state index contributed by atoms with van der Waals surface area (Å²) < 4.78 is 0. The fourth-order valence-corrected chi connectivity index (χ4v) is 1.04. The molecule has 0 bridgehead atoms. The summed E-state index contributed by atoms with van der Waals surface area (Å²) in [5, 5.41) is 1.36. The third-order valence-corrected chi connectivity index (χ3v) is 1.70. The van der Waals surface area contributed by atoms with Gasteiger partial charge in [0.15, 0.2) is 0 Å². The van der Waals surface area contributed by atoms with Crippen molar-refractivity contribution in [3.8, 4) is 0 Å². The molecule has 1 heterocycles. The van der Waals surface area contributed by atoms with Crippen molar-refractivity contribution in [1.29, 1.82) is 0 Å². The second kappa shape index (κ2) is 4.52. The number of aromatic nitrogens is 1. The van der Waals surface area contributed by atoms with E-state index < -0.39 is 0 Å².